The van der Waals surface area contributed by atoms with E-state index in [0.29, 0.717) is 11.8 Å². The van der Waals surface area contributed by atoms with E-state index < -0.39 is 0 Å². The van der Waals surface area contributed by atoms with Crippen LogP contribution in [-0.4, -0.2) is 28.2 Å². The van der Waals surface area contributed by atoms with E-state index in [-0.39, 0.29) is 5.60 Å². The lowest BCUT2D eigenvalue weighted by molar-refractivity contribution is -0.0795. The van der Waals surface area contributed by atoms with Gasteiger partial charge in [0.05, 0.1) is 11.8 Å². The lowest BCUT2D eigenvalue weighted by Gasteiger charge is -2.38. The summed E-state index contributed by atoms with van der Waals surface area (Å²) >= 11 is 5.86. The van der Waals surface area contributed by atoms with Crippen LogP contribution in [0.3, 0.4) is 0 Å². The molecule has 4 nitrogen and oxygen atoms in total. The van der Waals surface area contributed by atoms with Gasteiger partial charge in [-0.15, -0.1) is 0 Å². The van der Waals surface area contributed by atoms with Crippen LogP contribution < -0.4 is 5.32 Å². The maximum atomic E-state index is 5.86. The zero-order valence-electron chi connectivity index (χ0n) is 8.38. The number of rotatable bonds is 3. The molecular weight excluding hydrogens is 202 g/mol. The molecule has 0 saturated carbocycles. The standard InChI is InChI=1S/C9H14ClN3O/c1-9(5-11-6-9)14-4-8-12-3-7(10)13(8)2/h3,11H,4-6H2,1-2H3. The molecule has 1 N–H and O–H groups in total. The Bertz CT molecular complexity index is 333. The van der Waals surface area contributed by atoms with Crippen molar-refractivity contribution in [1.29, 1.82) is 0 Å². The van der Waals surface area contributed by atoms with Crippen molar-refractivity contribution >= 4 is 11.6 Å². The normalized spacial score (nSPS) is 19.4. The molecule has 2 heterocycles. The summed E-state index contributed by atoms with van der Waals surface area (Å²) in [5, 5.41) is 3.82. The third-order valence-electron chi connectivity index (χ3n) is 2.58. The summed E-state index contributed by atoms with van der Waals surface area (Å²) in [4.78, 5) is 4.16. The van der Waals surface area contributed by atoms with Crippen molar-refractivity contribution in [3.63, 3.8) is 0 Å². The Kier molecular flexibility index (Phi) is 2.51. The average Bonchev–Trinajstić information content (AvgIpc) is 2.42. The Morgan fingerprint density at radius 2 is 2.43 bits per heavy atom. The van der Waals surface area contributed by atoms with Crippen molar-refractivity contribution in [2.75, 3.05) is 13.1 Å². The fraction of sp³-hybridized carbons (Fsp3) is 0.667. The first kappa shape index (κ1) is 9.96. The topological polar surface area (TPSA) is 39.1 Å². The summed E-state index contributed by atoms with van der Waals surface area (Å²) in [6, 6.07) is 0. The predicted molar refractivity (Wildman–Crippen MR) is 54.3 cm³/mol. The minimum absolute atomic E-state index is 0.0293. The quantitative estimate of drug-likeness (QED) is 0.816. The molecule has 5 heteroatoms. The third-order valence-corrected chi connectivity index (χ3v) is 2.93. The highest BCUT2D eigenvalue weighted by Gasteiger charge is 2.32. The largest absolute Gasteiger partial charge is 0.365 e. The molecule has 0 unspecified atom stereocenters. The summed E-state index contributed by atoms with van der Waals surface area (Å²) in [5.74, 6) is 0.864. The lowest BCUT2D eigenvalue weighted by Crippen LogP contribution is -2.58. The summed E-state index contributed by atoms with van der Waals surface area (Å²) < 4.78 is 7.57. The van der Waals surface area contributed by atoms with Crippen LogP contribution >= 0.6 is 11.6 Å². The molecular formula is C9H14ClN3O. The molecule has 1 aliphatic rings. The van der Waals surface area contributed by atoms with Crippen molar-refractivity contribution in [3.05, 3.63) is 17.2 Å². The van der Waals surface area contributed by atoms with Crippen molar-refractivity contribution in [1.82, 2.24) is 14.9 Å². The van der Waals surface area contributed by atoms with E-state index in [1.165, 1.54) is 0 Å². The SMILES string of the molecule is Cn1c(Cl)cnc1COC1(C)CNC1. The molecule has 2 rings (SSSR count). The van der Waals surface area contributed by atoms with E-state index in [9.17, 15) is 0 Å². The highest BCUT2D eigenvalue weighted by molar-refractivity contribution is 6.29. The number of hydrogen-bond acceptors (Lipinski definition) is 3. The number of hydrogen-bond donors (Lipinski definition) is 1. The van der Waals surface area contributed by atoms with E-state index in [0.717, 1.165) is 18.9 Å². The van der Waals surface area contributed by atoms with E-state index in [4.69, 9.17) is 16.3 Å². The van der Waals surface area contributed by atoms with Crippen molar-refractivity contribution in [3.8, 4) is 0 Å². The average molecular weight is 216 g/mol. The third kappa shape index (κ3) is 1.78. The van der Waals surface area contributed by atoms with Gasteiger partial charge in [0, 0.05) is 20.1 Å². The molecule has 0 aliphatic carbocycles. The zero-order valence-corrected chi connectivity index (χ0v) is 9.14. The Balaban J connectivity index is 1.94. The van der Waals surface area contributed by atoms with Crippen LogP contribution in [0, 0.1) is 0 Å². The van der Waals surface area contributed by atoms with Crippen LogP contribution in [-0.2, 0) is 18.4 Å². The second-order valence-corrected chi connectivity index (χ2v) is 4.29. The molecule has 0 atom stereocenters. The zero-order chi connectivity index (χ0) is 10.2. The fourth-order valence-electron chi connectivity index (χ4n) is 1.38. The summed E-state index contributed by atoms with van der Waals surface area (Å²) in [5.41, 5.74) is -0.0293. The molecule has 1 aromatic rings. The predicted octanol–water partition coefficient (Wildman–Crippen LogP) is 0.952. The van der Waals surface area contributed by atoms with Gasteiger partial charge in [-0.05, 0) is 6.92 Å². The molecule has 1 aromatic heterocycles. The second kappa shape index (κ2) is 3.53. The van der Waals surface area contributed by atoms with E-state index in [1.807, 2.05) is 11.6 Å². The molecule has 78 valence electrons. The first-order valence-corrected chi connectivity index (χ1v) is 4.99. The Morgan fingerprint density at radius 3 is 2.86 bits per heavy atom. The minimum Gasteiger partial charge on any atom is -0.365 e. The van der Waals surface area contributed by atoms with Gasteiger partial charge in [0.15, 0.2) is 0 Å². The van der Waals surface area contributed by atoms with Gasteiger partial charge < -0.3 is 14.6 Å². The number of halogens is 1. The summed E-state index contributed by atoms with van der Waals surface area (Å²) in [7, 11) is 1.88. The molecule has 14 heavy (non-hydrogen) atoms. The number of imidazole rings is 1. The van der Waals surface area contributed by atoms with Gasteiger partial charge in [-0.1, -0.05) is 11.6 Å². The highest BCUT2D eigenvalue weighted by atomic mass is 35.5. The fourth-order valence-corrected chi connectivity index (χ4v) is 1.52. The smallest absolute Gasteiger partial charge is 0.135 e. The molecule has 1 aliphatic heterocycles. The number of nitrogens with zero attached hydrogens (tertiary/aromatic N) is 2. The van der Waals surface area contributed by atoms with E-state index >= 15 is 0 Å². The number of ether oxygens (including phenoxy) is 1. The van der Waals surface area contributed by atoms with Crippen LogP contribution in [0.2, 0.25) is 5.15 Å². The first-order valence-electron chi connectivity index (χ1n) is 4.61. The van der Waals surface area contributed by atoms with Gasteiger partial charge >= 0.3 is 0 Å². The Hall–Kier alpha value is -0.580. The van der Waals surface area contributed by atoms with Crippen LogP contribution in [0.5, 0.6) is 0 Å². The molecule has 0 amide bonds. The minimum atomic E-state index is -0.0293. The van der Waals surface area contributed by atoms with Crippen molar-refractivity contribution in [2.24, 2.45) is 7.05 Å². The molecule has 1 saturated heterocycles. The van der Waals surface area contributed by atoms with Gasteiger partial charge in [-0.25, -0.2) is 4.98 Å². The van der Waals surface area contributed by atoms with Crippen LogP contribution in [0.25, 0.3) is 0 Å². The monoisotopic (exact) mass is 215 g/mol. The summed E-state index contributed by atoms with van der Waals surface area (Å²) in [6.45, 7) is 4.42. The van der Waals surface area contributed by atoms with Crippen LogP contribution in [0.15, 0.2) is 6.20 Å². The van der Waals surface area contributed by atoms with Gasteiger partial charge in [-0.2, -0.15) is 0 Å². The Morgan fingerprint density at radius 1 is 1.71 bits per heavy atom. The number of aromatic nitrogens is 2. The maximum absolute atomic E-state index is 5.86. The maximum Gasteiger partial charge on any atom is 0.135 e. The van der Waals surface area contributed by atoms with E-state index in [1.54, 1.807) is 6.20 Å². The molecule has 0 spiro atoms. The first-order chi connectivity index (χ1) is 6.61. The summed E-state index contributed by atoms with van der Waals surface area (Å²) in [6.07, 6.45) is 1.64. The van der Waals surface area contributed by atoms with Gasteiger partial charge in [0.2, 0.25) is 0 Å². The lowest BCUT2D eigenvalue weighted by atomic mass is 10.0. The van der Waals surface area contributed by atoms with Gasteiger partial charge in [0.1, 0.15) is 17.6 Å². The van der Waals surface area contributed by atoms with Gasteiger partial charge in [0.25, 0.3) is 0 Å². The molecule has 0 radical (unpaired) electrons. The molecule has 0 bridgehead atoms. The number of nitrogens with one attached hydrogen (secondary N) is 1. The highest BCUT2D eigenvalue weighted by Crippen LogP contribution is 2.18. The second-order valence-electron chi connectivity index (χ2n) is 3.90. The molecule has 0 aromatic carbocycles. The molecule has 1 fully saturated rings. The van der Waals surface area contributed by atoms with Gasteiger partial charge in [-0.3, -0.25) is 0 Å². The van der Waals surface area contributed by atoms with Crippen molar-refractivity contribution < 1.29 is 4.74 Å². The van der Waals surface area contributed by atoms with Crippen LogP contribution in [0.4, 0.5) is 0 Å². The Labute approximate surface area is 88.2 Å². The van der Waals surface area contributed by atoms with Crippen molar-refractivity contribution in [2.45, 2.75) is 19.1 Å². The van der Waals surface area contributed by atoms with E-state index in [2.05, 4.69) is 17.2 Å². The van der Waals surface area contributed by atoms with Crippen LogP contribution in [0.1, 0.15) is 12.7 Å².